The highest BCUT2D eigenvalue weighted by atomic mass is 16.2. The number of allylic oxidation sites excluding steroid dienone is 1. The molecule has 1 rings (SSSR count). The monoisotopic (exact) mass is 329 g/mol. The predicted molar refractivity (Wildman–Crippen MR) is 95.9 cm³/mol. The van der Waals surface area contributed by atoms with Gasteiger partial charge in [-0.05, 0) is 37.1 Å². The van der Waals surface area contributed by atoms with Crippen molar-refractivity contribution in [2.45, 2.75) is 58.4 Å². The first kappa shape index (κ1) is 19.8. The van der Waals surface area contributed by atoms with Gasteiger partial charge in [-0.3, -0.25) is 14.4 Å². The van der Waals surface area contributed by atoms with E-state index in [9.17, 15) is 14.4 Å². The molecule has 0 fully saturated rings. The van der Waals surface area contributed by atoms with Crippen molar-refractivity contribution in [1.29, 1.82) is 0 Å². The van der Waals surface area contributed by atoms with Crippen molar-refractivity contribution >= 4 is 17.5 Å². The Labute approximate surface area is 144 Å². The number of amides is 1. The Morgan fingerprint density at radius 1 is 1.00 bits per heavy atom. The molecule has 0 radical (unpaired) electrons. The van der Waals surface area contributed by atoms with Crippen LogP contribution < -0.4 is 5.32 Å². The summed E-state index contributed by atoms with van der Waals surface area (Å²) in [5.41, 5.74) is 0.523. The van der Waals surface area contributed by atoms with E-state index in [1.807, 2.05) is 19.9 Å². The highest BCUT2D eigenvalue weighted by Gasteiger charge is 2.19. The lowest BCUT2D eigenvalue weighted by molar-refractivity contribution is -0.118. The number of nitrogens with one attached hydrogen (secondary N) is 1. The van der Waals surface area contributed by atoms with Crippen molar-refractivity contribution < 1.29 is 14.4 Å². The summed E-state index contributed by atoms with van der Waals surface area (Å²) in [6.45, 7) is 4.05. The Morgan fingerprint density at radius 2 is 1.67 bits per heavy atom. The minimum atomic E-state index is -0.590. The molecule has 0 bridgehead atoms. The third-order valence-corrected chi connectivity index (χ3v) is 3.74. The summed E-state index contributed by atoms with van der Waals surface area (Å²) in [7, 11) is 0. The highest BCUT2D eigenvalue weighted by Crippen LogP contribution is 2.06. The van der Waals surface area contributed by atoms with E-state index < -0.39 is 6.04 Å². The summed E-state index contributed by atoms with van der Waals surface area (Å²) >= 11 is 0. The normalized spacial score (nSPS) is 12.1. The van der Waals surface area contributed by atoms with Crippen molar-refractivity contribution in [3.8, 4) is 0 Å². The van der Waals surface area contributed by atoms with Crippen molar-refractivity contribution in [2.75, 3.05) is 0 Å². The van der Waals surface area contributed by atoms with Gasteiger partial charge in [0.15, 0.2) is 11.6 Å². The van der Waals surface area contributed by atoms with Gasteiger partial charge in [-0.15, -0.1) is 0 Å². The number of hydrogen-bond acceptors (Lipinski definition) is 3. The molecule has 1 atom stereocenters. The van der Waals surface area contributed by atoms with Crippen LogP contribution in [-0.4, -0.2) is 23.5 Å². The molecule has 1 aromatic carbocycles. The topological polar surface area (TPSA) is 63.2 Å². The Kier molecular flexibility index (Phi) is 9.35. The lowest BCUT2D eigenvalue weighted by atomic mass is 10.0. The molecule has 1 aromatic rings. The van der Waals surface area contributed by atoms with Gasteiger partial charge in [-0.2, -0.15) is 0 Å². The largest absolute Gasteiger partial charge is 0.342 e. The smallest absolute Gasteiger partial charge is 0.251 e. The molecule has 0 saturated carbocycles. The number of rotatable bonds is 11. The van der Waals surface area contributed by atoms with Gasteiger partial charge in [0.05, 0.1) is 6.04 Å². The van der Waals surface area contributed by atoms with Crippen LogP contribution in [0.1, 0.15) is 62.7 Å². The summed E-state index contributed by atoms with van der Waals surface area (Å²) in [4.78, 5) is 36.2. The van der Waals surface area contributed by atoms with Gasteiger partial charge >= 0.3 is 0 Å². The average molecular weight is 329 g/mol. The van der Waals surface area contributed by atoms with Crippen LogP contribution in [0.4, 0.5) is 0 Å². The predicted octanol–water partition coefficient (Wildman–Crippen LogP) is 3.86. The van der Waals surface area contributed by atoms with E-state index in [1.165, 1.54) is 12.2 Å². The van der Waals surface area contributed by atoms with E-state index in [2.05, 4.69) is 5.32 Å². The summed E-state index contributed by atoms with van der Waals surface area (Å²) in [5, 5.41) is 2.78. The zero-order valence-corrected chi connectivity index (χ0v) is 14.6. The van der Waals surface area contributed by atoms with Crippen LogP contribution in [0.3, 0.4) is 0 Å². The molecule has 4 heteroatoms. The number of carbonyl (C=O) groups is 3. The second-order valence-corrected chi connectivity index (χ2v) is 5.84. The standard InChI is InChI=1S/C20H27NO3/c1-3-5-12-17(22)14-15-19(23)18(13-6-4-2)21-20(24)16-10-8-7-9-11-16/h7-11,14-15,18H,3-6,12-13H2,1-2H3,(H,21,24)/b15-14+/t18-/m1/s1. The molecule has 0 aromatic heterocycles. The first-order chi connectivity index (χ1) is 11.6. The first-order valence-corrected chi connectivity index (χ1v) is 8.69. The van der Waals surface area contributed by atoms with E-state index in [1.54, 1.807) is 24.3 Å². The Hall–Kier alpha value is -2.23. The molecule has 0 aliphatic rings. The molecule has 0 heterocycles. The number of hydrogen-bond donors (Lipinski definition) is 1. The zero-order valence-electron chi connectivity index (χ0n) is 14.6. The van der Waals surface area contributed by atoms with Gasteiger partial charge in [-0.25, -0.2) is 0 Å². The Balaban J connectivity index is 2.69. The average Bonchev–Trinajstić information content (AvgIpc) is 2.61. The molecule has 0 spiro atoms. The molecule has 130 valence electrons. The minimum absolute atomic E-state index is 0.0474. The molecular formula is C20H27NO3. The highest BCUT2D eigenvalue weighted by molar-refractivity contribution is 6.04. The molecule has 0 saturated heterocycles. The quantitative estimate of drug-likeness (QED) is 0.627. The zero-order chi connectivity index (χ0) is 17.8. The fourth-order valence-electron chi connectivity index (χ4n) is 2.25. The number of benzene rings is 1. The van der Waals surface area contributed by atoms with Crippen LogP contribution >= 0.6 is 0 Å². The van der Waals surface area contributed by atoms with E-state index in [0.29, 0.717) is 18.4 Å². The van der Waals surface area contributed by atoms with Gasteiger partial charge < -0.3 is 5.32 Å². The lowest BCUT2D eigenvalue weighted by Crippen LogP contribution is -2.40. The maximum Gasteiger partial charge on any atom is 0.251 e. The van der Waals surface area contributed by atoms with Crippen molar-refractivity contribution in [2.24, 2.45) is 0 Å². The van der Waals surface area contributed by atoms with Crippen molar-refractivity contribution in [1.82, 2.24) is 5.32 Å². The van der Waals surface area contributed by atoms with Crippen LogP contribution in [-0.2, 0) is 9.59 Å². The van der Waals surface area contributed by atoms with Gasteiger partial charge in [0.2, 0.25) is 0 Å². The molecule has 1 N–H and O–H groups in total. The first-order valence-electron chi connectivity index (χ1n) is 8.69. The SMILES string of the molecule is CCCCC(=O)/C=C/C(=O)[C@@H](CCCC)NC(=O)c1ccccc1. The third kappa shape index (κ3) is 7.36. The van der Waals surface area contributed by atoms with Crippen LogP contribution in [0.2, 0.25) is 0 Å². The Morgan fingerprint density at radius 3 is 2.29 bits per heavy atom. The molecule has 0 aliphatic carbocycles. The summed E-state index contributed by atoms with van der Waals surface area (Å²) in [5.74, 6) is -0.540. The molecule has 1 amide bonds. The van der Waals surface area contributed by atoms with Crippen molar-refractivity contribution in [3.63, 3.8) is 0 Å². The van der Waals surface area contributed by atoms with Crippen LogP contribution in [0.5, 0.6) is 0 Å². The van der Waals surface area contributed by atoms with Crippen LogP contribution in [0.15, 0.2) is 42.5 Å². The molecule has 0 aliphatic heterocycles. The fourth-order valence-corrected chi connectivity index (χ4v) is 2.25. The van der Waals surface area contributed by atoms with Gasteiger partial charge in [0.25, 0.3) is 5.91 Å². The summed E-state index contributed by atoms with van der Waals surface area (Å²) < 4.78 is 0. The molecular weight excluding hydrogens is 302 g/mol. The second kappa shape index (κ2) is 11.3. The van der Waals surface area contributed by atoms with Crippen LogP contribution in [0, 0.1) is 0 Å². The van der Waals surface area contributed by atoms with E-state index in [0.717, 1.165) is 25.7 Å². The van der Waals surface area contributed by atoms with E-state index in [4.69, 9.17) is 0 Å². The maximum atomic E-state index is 12.3. The third-order valence-electron chi connectivity index (χ3n) is 3.74. The van der Waals surface area contributed by atoms with E-state index in [-0.39, 0.29) is 17.5 Å². The van der Waals surface area contributed by atoms with Gasteiger partial charge in [-0.1, -0.05) is 51.3 Å². The number of carbonyl (C=O) groups excluding carboxylic acids is 3. The van der Waals surface area contributed by atoms with Crippen LogP contribution in [0.25, 0.3) is 0 Å². The molecule has 24 heavy (non-hydrogen) atoms. The molecule has 0 unspecified atom stereocenters. The lowest BCUT2D eigenvalue weighted by Gasteiger charge is -2.16. The van der Waals surface area contributed by atoms with E-state index >= 15 is 0 Å². The minimum Gasteiger partial charge on any atom is -0.342 e. The maximum absolute atomic E-state index is 12.3. The second-order valence-electron chi connectivity index (χ2n) is 5.84. The van der Waals surface area contributed by atoms with Gasteiger partial charge in [0.1, 0.15) is 0 Å². The summed E-state index contributed by atoms with van der Waals surface area (Å²) in [6.07, 6.45) is 7.21. The Bertz CT molecular complexity index is 564. The van der Waals surface area contributed by atoms with Crippen molar-refractivity contribution in [3.05, 3.63) is 48.0 Å². The number of ketones is 2. The fraction of sp³-hybridized carbons (Fsp3) is 0.450. The summed E-state index contributed by atoms with van der Waals surface area (Å²) in [6, 6.07) is 8.23. The molecule has 4 nitrogen and oxygen atoms in total. The van der Waals surface area contributed by atoms with Gasteiger partial charge in [0, 0.05) is 12.0 Å². The number of unbranched alkanes of at least 4 members (excludes halogenated alkanes) is 2.